The number of nitrogens with zero attached hydrogens (tertiary/aromatic N) is 1. The molecule has 0 atom stereocenters. The number of nitrogens with two attached hydrogens (primary N) is 1. The van der Waals surface area contributed by atoms with Crippen molar-refractivity contribution in [3.8, 4) is 5.75 Å². The molecule has 0 aromatic heterocycles. The lowest BCUT2D eigenvalue weighted by atomic mass is 10.1. The largest absolute Gasteiger partial charge is 0.482 e. The van der Waals surface area contributed by atoms with Crippen molar-refractivity contribution in [1.29, 1.82) is 0 Å². The molecular formula is C14H21N3O2. The first kappa shape index (κ1) is 13.8. The van der Waals surface area contributed by atoms with Crippen LogP contribution in [0.25, 0.3) is 0 Å². The molecule has 1 aliphatic rings. The van der Waals surface area contributed by atoms with Crippen LogP contribution in [0.2, 0.25) is 0 Å². The van der Waals surface area contributed by atoms with Crippen molar-refractivity contribution in [2.45, 2.75) is 12.8 Å². The van der Waals surface area contributed by atoms with Gasteiger partial charge in [0.15, 0.2) is 6.61 Å². The van der Waals surface area contributed by atoms with Gasteiger partial charge in [0.05, 0.1) is 5.69 Å². The van der Waals surface area contributed by atoms with E-state index < -0.39 is 0 Å². The van der Waals surface area contributed by atoms with E-state index >= 15 is 0 Å². The normalized spacial score (nSPS) is 13.9. The van der Waals surface area contributed by atoms with Gasteiger partial charge in [0.1, 0.15) is 5.75 Å². The highest BCUT2D eigenvalue weighted by atomic mass is 16.5. The molecule has 1 aliphatic heterocycles. The van der Waals surface area contributed by atoms with E-state index in [-0.39, 0.29) is 12.5 Å². The van der Waals surface area contributed by atoms with Crippen LogP contribution in [-0.2, 0) is 11.2 Å². The van der Waals surface area contributed by atoms with E-state index in [0.29, 0.717) is 6.54 Å². The molecule has 1 aromatic rings. The zero-order chi connectivity index (χ0) is 13.7. The highest BCUT2D eigenvalue weighted by molar-refractivity contribution is 5.95. The van der Waals surface area contributed by atoms with E-state index in [0.717, 1.165) is 37.4 Å². The fraction of sp³-hybridized carbons (Fsp3) is 0.500. The standard InChI is InChI=1S/C14H21N3O2/c1-17(8-6-15)7-2-3-11-4-5-13-12(9-11)16-14(18)10-19-13/h4-5,9H,2-3,6-8,10,15H2,1H3,(H,16,18). The molecule has 19 heavy (non-hydrogen) atoms. The molecule has 0 saturated heterocycles. The third-order valence-corrected chi connectivity index (χ3v) is 3.19. The number of anilines is 1. The average molecular weight is 263 g/mol. The number of amides is 1. The molecule has 5 nitrogen and oxygen atoms in total. The Kier molecular flexibility index (Phi) is 4.76. The van der Waals surface area contributed by atoms with Crippen molar-refractivity contribution in [2.75, 3.05) is 38.6 Å². The third-order valence-electron chi connectivity index (χ3n) is 3.19. The number of aryl methyl sites for hydroxylation is 1. The Morgan fingerprint density at radius 2 is 2.26 bits per heavy atom. The summed E-state index contributed by atoms with van der Waals surface area (Å²) in [5.74, 6) is 0.663. The Morgan fingerprint density at radius 3 is 3.05 bits per heavy atom. The van der Waals surface area contributed by atoms with Gasteiger partial charge >= 0.3 is 0 Å². The molecule has 1 heterocycles. The summed E-state index contributed by atoms with van der Waals surface area (Å²) in [6.07, 6.45) is 2.06. The molecule has 0 bridgehead atoms. The maximum atomic E-state index is 11.3. The monoisotopic (exact) mass is 263 g/mol. The fourth-order valence-electron chi connectivity index (χ4n) is 2.17. The second kappa shape index (κ2) is 6.54. The molecule has 2 rings (SSSR count). The molecule has 1 amide bonds. The highest BCUT2D eigenvalue weighted by Crippen LogP contribution is 2.28. The van der Waals surface area contributed by atoms with Gasteiger partial charge in [-0.2, -0.15) is 0 Å². The first-order valence-electron chi connectivity index (χ1n) is 6.63. The third kappa shape index (κ3) is 3.94. The second-order valence-electron chi connectivity index (χ2n) is 4.86. The quantitative estimate of drug-likeness (QED) is 0.798. The zero-order valence-corrected chi connectivity index (χ0v) is 11.3. The molecule has 0 unspecified atom stereocenters. The van der Waals surface area contributed by atoms with Crippen LogP contribution in [0, 0.1) is 0 Å². The second-order valence-corrected chi connectivity index (χ2v) is 4.86. The molecule has 0 spiro atoms. The highest BCUT2D eigenvalue weighted by Gasteiger charge is 2.15. The molecule has 0 aliphatic carbocycles. The number of fused-ring (bicyclic) bond motifs is 1. The Bertz CT molecular complexity index is 448. The zero-order valence-electron chi connectivity index (χ0n) is 11.3. The van der Waals surface area contributed by atoms with Crippen LogP contribution in [-0.4, -0.2) is 44.1 Å². The minimum absolute atomic E-state index is 0.0904. The SMILES string of the molecule is CN(CCN)CCCc1ccc2c(c1)NC(=O)CO2. The van der Waals surface area contributed by atoms with Crippen LogP contribution < -0.4 is 15.8 Å². The molecule has 0 radical (unpaired) electrons. The van der Waals surface area contributed by atoms with Crippen molar-refractivity contribution < 1.29 is 9.53 Å². The number of carbonyl (C=O) groups excluding carboxylic acids is 1. The molecule has 5 heteroatoms. The predicted octanol–water partition coefficient (Wildman–Crippen LogP) is 0.841. The average Bonchev–Trinajstić information content (AvgIpc) is 2.38. The summed E-state index contributed by atoms with van der Waals surface area (Å²) >= 11 is 0. The first-order chi connectivity index (χ1) is 9.19. The number of rotatable bonds is 6. The van der Waals surface area contributed by atoms with E-state index in [1.807, 2.05) is 12.1 Å². The lowest BCUT2D eigenvalue weighted by molar-refractivity contribution is -0.118. The number of hydrogen-bond acceptors (Lipinski definition) is 4. The summed E-state index contributed by atoms with van der Waals surface area (Å²) in [5.41, 5.74) is 7.50. The van der Waals surface area contributed by atoms with Crippen molar-refractivity contribution in [2.24, 2.45) is 5.73 Å². The molecule has 104 valence electrons. The maximum Gasteiger partial charge on any atom is 0.262 e. The first-order valence-corrected chi connectivity index (χ1v) is 6.63. The van der Waals surface area contributed by atoms with Gasteiger partial charge in [0, 0.05) is 13.1 Å². The molecular weight excluding hydrogens is 242 g/mol. The van der Waals surface area contributed by atoms with Gasteiger partial charge in [0.25, 0.3) is 5.91 Å². The summed E-state index contributed by atoms with van der Waals surface area (Å²) in [4.78, 5) is 13.5. The fourth-order valence-corrected chi connectivity index (χ4v) is 2.17. The summed E-state index contributed by atoms with van der Waals surface area (Å²) < 4.78 is 5.33. The summed E-state index contributed by atoms with van der Waals surface area (Å²) in [6, 6.07) is 5.97. The van der Waals surface area contributed by atoms with E-state index in [4.69, 9.17) is 10.5 Å². The van der Waals surface area contributed by atoms with Crippen LogP contribution >= 0.6 is 0 Å². The Labute approximate surface area is 113 Å². The van der Waals surface area contributed by atoms with Gasteiger partial charge in [-0.15, -0.1) is 0 Å². The minimum Gasteiger partial charge on any atom is -0.482 e. The van der Waals surface area contributed by atoms with E-state index in [2.05, 4.69) is 23.3 Å². The van der Waals surface area contributed by atoms with Crippen LogP contribution in [0.15, 0.2) is 18.2 Å². The molecule has 0 fully saturated rings. The van der Waals surface area contributed by atoms with E-state index in [1.165, 1.54) is 5.56 Å². The maximum absolute atomic E-state index is 11.3. The van der Waals surface area contributed by atoms with Gasteiger partial charge in [0.2, 0.25) is 0 Å². The van der Waals surface area contributed by atoms with Crippen LogP contribution in [0.1, 0.15) is 12.0 Å². The Hall–Kier alpha value is -1.59. The van der Waals surface area contributed by atoms with Gasteiger partial charge in [-0.25, -0.2) is 0 Å². The van der Waals surface area contributed by atoms with Crippen molar-refractivity contribution >= 4 is 11.6 Å². The van der Waals surface area contributed by atoms with Crippen molar-refractivity contribution in [1.82, 2.24) is 4.90 Å². The van der Waals surface area contributed by atoms with Crippen LogP contribution in [0.3, 0.4) is 0 Å². The number of likely N-dealkylation sites (N-methyl/N-ethyl adjacent to an activating group) is 1. The van der Waals surface area contributed by atoms with Gasteiger partial charge in [-0.1, -0.05) is 6.07 Å². The molecule has 0 saturated carbocycles. The van der Waals surface area contributed by atoms with Crippen molar-refractivity contribution in [3.05, 3.63) is 23.8 Å². The summed E-state index contributed by atoms with van der Waals surface area (Å²) in [7, 11) is 2.08. The van der Waals surface area contributed by atoms with E-state index in [9.17, 15) is 4.79 Å². The topological polar surface area (TPSA) is 67.6 Å². The number of nitrogens with one attached hydrogen (secondary N) is 1. The summed E-state index contributed by atoms with van der Waals surface area (Å²) in [5, 5.41) is 2.83. The Balaban J connectivity index is 1.88. The number of benzene rings is 1. The van der Waals surface area contributed by atoms with Crippen LogP contribution in [0.5, 0.6) is 5.75 Å². The Morgan fingerprint density at radius 1 is 1.42 bits per heavy atom. The minimum atomic E-state index is -0.0904. The lowest BCUT2D eigenvalue weighted by Crippen LogP contribution is -2.26. The number of carbonyl (C=O) groups is 1. The van der Waals surface area contributed by atoms with Crippen molar-refractivity contribution in [3.63, 3.8) is 0 Å². The number of ether oxygens (including phenoxy) is 1. The predicted molar refractivity (Wildman–Crippen MR) is 75.4 cm³/mol. The number of hydrogen-bond donors (Lipinski definition) is 2. The van der Waals surface area contributed by atoms with Gasteiger partial charge in [-0.05, 0) is 44.1 Å². The molecule has 3 N–H and O–H groups in total. The summed E-state index contributed by atoms with van der Waals surface area (Å²) in [6.45, 7) is 2.75. The van der Waals surface area contributed by atoms with Gasteiger partial charge in [-0.3, -0.25) is 4.79 Å². The van der Waals surface area contributed by atoms with E-state index in [1.54, 1.807) is 0 Å². The smallest absolute Gasteiger partial charge is 0.262 e. The lowest BCUT2D eigenvalue weighted by Gasteiger charge is -2.19. The van der Waals surface area contributed by atoms with Gasteiger partial charge < -0.3 is 20.7 Å². The van der Waals surface area contributed by atoms with Crippen LogP contribution in [0.4, 0.5) is 5.69 Å². The molecule has 1 aromatic carbocycles.